The summed E-state index contributed by atoms with van der Waals surface area (Å²) in [6.45, 7) is 1.22. The Morgan fingerprint density at radius 3 is 3.07 bits per heavy atom. The van der Waals surface area contributed by atoms with Gasteiger partial charge in [0.1, 0.15) is 17.3 Å². The average Bonchev–Trinajstić information content (AvgIpc) is 2.91. The number of aromatic nitrogens is 2. The summed E-state index contributed by atoms with van der Waals surface area (Å²) in [6.07, 6.45) is -1.30. The van der Waals surface area contributed by atoms with Gasteiger partial charge in [-0.25, -0.2) is 13.8 Å². The quantitative estimate of drug-likeness (QED) is 0.645. The standard InChI is InChI=1S/C14H19FN3O7PS/c1-7(13(19)20)3-5-23-26(22)24-6-8-11(25-26)10(15)12(27-8)18-4-2-9(16)17-14(18)21/h2,4,7-8,10-12H,3,5-6H2,1H3,(H,19,20)(H2,16,17,21)/t7?,8-,10+,11-,12-,26-/m1/s1. The van der Waals surface area contributed by atoms with E-state index in [0.29, 0.717) is 0 Å². The van der Waals surface area contributed by atoms with Crippen molar-refractivity contribution in [3.8, 4) is 0 Å². The van der Waals surface area contributed by atoms with E-state index >= 15 is 0 Å². The molecule has 2 fully saturated rings. The number of rotatable bonds is 6. The van der Waals surface area contributed by atoms with Crippen molar-refractivity contribution in [2.24, 2.45) is 5.92 Å². The van der Waals surface area contributed by atoms with Gasteiger partial charge in [-0.1, -0.05) is 6.92 Å². The van der Waals surface area contributed by atoms with Gasteiger partial charge in [0, 0.05) is 6.20 Å². The van der Waals surface area contributed by atoms with E-state index in [1.54, 1.807) is 0 Å². The van der Waals surface area contributed by atoms with E-state index in [1.807, 2.05) is 0 Å². The monoisotopic (exact) mass is 423 g/mol. The first-order valence-electron chi connectivity index (χ1n) is 8.15. The van der Waals surface area contributed by atoms with Gasteiger partial charge in [0.25, 0.3) is 0 Å². The number of carboxylic acids is 1. The number of halogens is 1. The van der Waals surface area contributed by atoms with Crippen LogP contribution in [0.4, 0.5) is 10.2 Å². The fourth-order valence-electron chi connectivity index (χ4n) is 2.67. The van der Waals surface area contributed by atoms with Gasteiger partial charge in [0.2, 0.25) is 0 Å². The minimum atomic E-state index is -4.01. The van der Waals surface area contributed by atoms with Crippen LogP contribution in [-0.2, 0) is 22.9 Å². The molecular weight excluding hydrogens is 404 g/mol. The highest BCUT2D eigenvalue weighted by Gasteiger charge is 2.54. The van der Waals surface area contributed by atoms with Crippen molar-refractivity contribution in [3.05, 3.63) is 22.7 Å². The fraction of sp³-hybridized carbons (Fsp3) is 0.643. The molecule has 0 aliphatic carbocycles. The number of phosphoric ester groups is 1. The molecule has 2 aliphatic rings. The van der Waals surface area contributed by atoms with E-state index in [9.17, 15) is 18.5 Å². The summed E-state index contributed by atoms with van der Waals surface area (Å²) in [5, 5.41) is 7.42. The van der Waals surface area contributed by atoms with Gasteiger partial charge >= 0.3 is 19.5 Å². The second-order valence-corrected chi connectivity index (χ2v) is 9.21. The minimum Gasteiger partial charge on any atom is -0.481 e. The summed E-state index contributed by atoms with van der Waals surface area (Å²) in [6, 6.07) is 1.38. The summed E-state index contributed by atoms with van der Waals surface area (Å²) < 4.78 is 44.1. The molecule has 6 atom stereocenters. The van der Waals surface area contributed by atoms with Crippen LogP contribution < -0.4 is 11.4 Å². The number of carboxylic acid groups (broad SMARTS) is 1. The van der Waals surface area contributed by atoms with Gasteiger partial charge in [-0.05, 0) is 12.5 Å². The number of thioether (sulfide) groups is 1. The Labute approximate surface area is 157 Å². The molecule has 0 radical (unpaired) electrons. The first kappa shape index (κ1) is 20.3. The number of nitrogen functional groups attached to an aromatic ring is 1. The van der Waals surface area contributed by atoms with Gasteiger partial charge in [0.05, 0.1) is 24.4 Å². The highest BCUT2D eigenvalue weighted by Crippen LogP contribution is 2.60. The SMILES string of the molecule is CC(CCO[P@]1(=O)OC[C@H]2S[C@@H](n3ccc(N)nc3=O)[C@@H](F)[C@@H]2O1)C(=O)O. The topological polar surface area (TPSA) is 143 Å². The lowest BCUT2D eigenvalue weighted by Crippen LogP contribution is -2.38. The zero-order chi connectivity index (χ0) is 19.8. The molecule has 3 N–H and O–H groups in total. The van der Waals surface area contributed by atoms with Gasteiger partial charge in [0.15, 0.2) is 6.17 Å². The number of hydrogen-bond acceptors (Lipinski definition) is 9. The maximum Gasteiger partial charge on any atom is 0.475 e. The number of hydrogen-bond donors (Lipinski definition) is 2. The van der Waals surface area contributed by atoms with E-state index in [2.05, 4.69) is 4.98 Å². The van der Waals surface area contributed by atoms with Crippen molar-refractivity contribution in [3.63, 3.8) is 0 Å². The Hall–Kier alpha value is -1.46. The Bertz CT molecular complexity index is 824. The van der Waals surface area contributed by atoms with Crippen molar-refractivity contribution in [1.82, 2.24) is 9.55 Å². The lowest BCUT2D eigenvalue weighted by atomic mass is 10.1. The van der Waals surface area contributed by atoms with Crippen LogP contribution in [0.1, 0.15) is 18.7 Å². The molecule has 0 amide bonds. The van der Waals surface area contributed by atoms with Gasteiger partial charge in [-0.15, -0.1) is 11.8 Å². The second kappa shape index (κ2) is 7.88. The normalized spacial score (nSPS) is 34.1. The van der Waals surface area contributed by atoms with Crippen molar-refractivity contribution in [2.75, 3.05) is 18.9 Å². The number of anilines is 1. The second-order valence-electron chi connectivity index (χ2n) is 6.23. The molecule has 2 aliphatic heterocycles. The first-order chi connectivity index (χ1) is 12.7. The molecule has 10 nitrogen and oxygen atoms in total. The molecule has 1 unspecified atom stereocenters. The van der Waals surface area contributed by atoms with E-state index in [-0.39, 0.29) is 25.5 Å². The molecule has 0 aromatic carbocycles. The molecule has 3 heterocycles. The van der Waals surface area contributed by atoms with E-state index < -0.39 is 48.3 Å². The van der Waals surface area contributed by atoms with Crippen LogP contribution in [0.3, 0.4) is 0 Å². The van der Waals surface area contributed by atoms with E-state index in [4.69, 9.17) is 24.4 Å². The summed E-state index contributed by atoms with van der Waals surface area (Å²) in [4.78, 5) is 26.3. The molecule has 0 bridgehead atoms. The van der Waals surface area contributed by atoms with Gasteiger partial charge in [-0.3, -0.25) is 22.9 Å². The molecule has 0 saturated carbocycles. The molecule has 150 valence electrons. The fourth-order valence-corrected chi connectivity index (χ4v) is 5.75. The summed E-state index contributed by atoms with van der Waals surface area (Å²) in [5.41, 5.74) is 4.74. The van der Waals surface area contributed by atoms with E-state index in [0.717, 1.165) is 16.3 Å². The number of phosphoric acid groups is 1. The largest absolute Gasteiger partial charge is 0.481 e. The molecule has 13 heteroatoms. The molecule has 1 aromatic heterocycles. The lowest BCUT2D eigenvalue weighted by Gasteiger charge is -2.31. The van der Waals surface area contributed by atoms with Crippen LogP contribution in [0.25, 0.3) is 0 Å². The summed E-state index contributed by atoms with van der Waals surface area (Å²) in [5.74, 6) is -1.68. The van der Waals surface area contributed by atoms with Crippen LogP contribution in [0.2, 0.25) is 0 Å². The molecule has 1 aromatic rings. The third kappa shape index (κ3) is 4.35. The molecule has 2 saturated heterocycles. The Kier molecular flexibility index (Phi) is 5.92. The highest BCUT2D eigenvalue weighted by atomic mass is 32.2. The van der Waals surface area contributed by atoms with Crippen LogP contribution in [0.15, 0.2) is 17.1 Å². The van der Waals surface area contributed by atoms with Crippen LogP contribution in [0, 0.1) is 5.92 Å². The van der Waals surface area contributed by atoms with Crippen LogP contribution in [-0.4, -0.2) is 51.4 Å². The molecule has 27 heavy (non-hydrogen) atoms. The Morgan fingerprint density at radius 2 is 2.41 bits per heavy atom. The van der Waals surface area contributed by atoms with Crippen LogP contribution in [0.5, 0.6) is 0 Å². The van der Waals surface area contributed by atoms with E-state index in [1.165, 1.54) is 19.2 Å². The van der Waals surface area contributed by atoms with Crippen molar-refractivity contribution in [1.29, 1.82) is 0 Å². The summed E-state index contributed by atoms with van der Waals surface area (Å²) >= 11 is 1.11. The third-order valence-electron chi connectivity index (χ3n) is 4.26. The first-order valence-corrected chi connectivity index (χ1v) is 10.5. The number of nitrogens with zero attached hydrogens (tertiary/aromatic N) is 2. The maximum absolute atomic E-state index is 14.9. The number of fused-ring (bicyclic) bond motifs is 1. The zero-order valence-electron chi connectivity index (χ0n) is 14.3. The number of aliphatic carboxylic acids is 1. The van der Waals surface area contributed by atoms with Gasteiger partial charge < -0.3 is 10.8 Å². The lowest BCUT2D eigenvalue weighted by molar-refractivity contribution is -0.141. The van der Waals surface area contributed by atoms with Crippen molar-refractivity contribution >= 4 is 31.4 Å². The molecule has 0 spiro atoms. The van der Waals surface area contributed by atoms with Crippen molar-refractivity contribution < 1.29 is 32.4 Å². The highest BCUT2D eigenvalue weighted by molar-refractivity contribution is 8.00. The Morgan fingerprint density at radius 1 is 1.67 bits per heavy atom. The number of carbonyl (C=O) groups is 1. The van der Waals surface area contributed by atoms with Crippen molar-refractivity contribution in [2.45, 2.75) is 36.2 Å². The smallest absolute Gasteiger partial charge is 0.475 e. The predicted molar refractivity (Wildman–Crippen MR) is 94.0 cm³/mol. The minimum absolute atomic E-state index is 0.0279. The summed E-state index contributed by atoms with van der Waals surface area (Å²) in [7, 11) is -4.01. The number of alkyl halides is 1. The zero-order valence-corrected chi connectivity index (χ0v) is 16.0. The molecule has 3 rings (SSSR count). The molecular formula is C14H19FN3O7PS. The maximum atomic E-state index is 14.9. The third-order valence-corrected chi connectivity index (χ3v) is 7.25. The Balaban J connectivity index is 1.66. The van der Waals surface area contributed by atoms with Gasteiger partial charge in [-0.2, -0.15) is 4.98 Å². The predicted octanol–water partition coefficient (Wildman–Crippen LogP) is 1.43. The number of nitrogens with two attached hydrogens (primary N) is 1. The average molecular weight is 423 g/mol. The van der Waals surface area contributed by atoms with Crippen LogP contribution >= 0.6 is 19.6 Å².